The number of aliphatic carboxylic acids is 1. The number of unbranched alkanes of at least 4 members (excludes halogenated alkanes) is 1. The van der Waals surface area contributed by atoms with E-state index in [2.05, 4.69) is 9.97 Å². The molecule has 0 unspecified atom stereocenters. The summed E-state index contributed by atoms with van der Waals surface area (Å²) in [5.41, 5.74) is 0.931. The summed E-state index contributed by atoms with van der Waals surface area (Å²) in [6, 6.07) is 3.82. The van der Waals surface area contributed by atoms with Gasteiger partial charge in [0.05, 0.1) is 5.01 Å². The average Bonchev–Trinajstić information content (AvgIpc) is 2.66. The molecular weight excluding hydrogens is 224 g/mol. The Balaban J connectivity index is 1.92. The Morgan fingerprint density at radius 2 is 2.31 bits per heavy atom. The molecule has 1 N–H and O–H groups in total. The summed E-state index contributed by atoms with van der Waals surface area (Å²) in [6.45, 7) is 0. The Bertz CT molecular complexity index is 462. The van der Waals surface area contributed by atoms with E-state index in [-0.39, 0.29) is 6.42 Å². The Labute approximate surface area is 97.0 Å². The van der Waals surface area contributed by atoms with Crippen molar-refractivity contribution in [2.24, 2.45) is 0 Å². The van der Waals surface area contributed by atoms with Crippen molar-refractivity contribution in [3.8, 4) is 0 Å². The lowest BCUT2D eigenvalue weighted by atomic mass is 10.2. The molecule has 0 aliphatic carbocycles. The average molecular weight is 236 g/mol. The van der Waals surface area contributed by atoms with Gasteiger partial charge in [0.15, 0.2) is 0 Å². The first-order chi connectivity index (χ1) is 7.75. The molecule has 0 fully saturated rings. The molecule has 2 rings (SSSR count). The predicted molar refractivity (Wildman–Crippen MR) is 62.6 cm³/mol. The molecule has 0 aliphatic heterocycles. The minimum atomic E-state index is -0.731. The zero-order valence-electron chi connectivity index (χ0n) is 8.72. The molecule has 0 aromatic carbocycles. The van der Waals surface area contributed by atoms with Crippen LogP contribution in [0.3, 0.4) is 0 Å². The summed E-state index contributed by atoms with van der Waals surface area (Å²) in [7, 11) is 0. The SMILES string of the molecule is O=C(O)CCCCc1nc2cccnc2s1. The van der Waals surface area contributed by atoms with Crippen LogP contribution in [0, 0.1) is 0 Å². The van der Waals surface area contributed by atoms with Crippen molar-refractivity contribution >= 4 is 27.7 Å². The normalized spacial score (nSPS) is 10.8. The summed E-state index contributed by atoms with van der Waals surface area (Å²) in [5.74, 6) is -0.731. The Kier molecular flexibility index (Phi) is 3.46. The highest BCUT2D eigenvalue weighted by Crippen LogP contribution is 2.20. The number of carbonyl (C=O) groups is 1. The maximum Gasteiger partial charge on any atom is 0.303 e. The molecular formula is C11H12N2O2S. The molecule has 2 heterocycles. The van der Waals surface area contributed by atoms with Gasteiger partial charge in [0.2, 0.25) is 0 Å². The largest absolute Gasteiger partial charge is 0.481 e. The summed E-state index contributed by atoms with van der Waals surface area (Å²) < 4.78 is 0. The minimum Gasteiger partial charge on any atom is -0.481 e. The second-order valence-electron chi connectivity index (χ2n) is 3.54. The highest BCUT2D eigenvalue weighted by Gasteiger charge is 2.04. The van der Waals surface area contributed by atoms with Gasteiger partial charge in [-0.25, -0.2) is 9.97 Å². The molecule has 0 aliphatic rings. The van der Waals surface area contributed by atoms with Gasteiger partial charge < -0.3 is 5.11 Å². The zero-order chi connectivity index (χ0) is 11.4. The fraction of sp³-hybridized carbons (Fsp3) is 0.364. The molecule has 2 aromatic rings. The van der Waals surface area contributed by atoms with Gasteiger partial charge in [-0.3, -0.25) is 4.79 Å². The smallest absolute Gasteiger partial charge is 0.303 e. The molecule has 0 saturated carbocycles. The number of rotatable bonds is 5. The molecule has 0 bridgehead atoms. The molecule has 0 saturated heterocycles. The zero-order valence-corrected chi connectivity index (χ0v) is 9.54. The summed E-state index contributed by atoms with van der Waals surface area (Å²) >= 11 is 1.59. The van der Waals surface area contributed by atoms with Gasteiger partial charge in [-0.2, -0.15) is 0 Å². The highest BCUT2D eigenvalue weighted by molar-refractivity contribution is 7.18. The van der Waals surface area contributed by atoms with Crippen LogP contribution in [-0.4, -0.2) is 21.0 Å². The molecule has 0 radical (unpaired) electrons. The molecule has 16 heavy (non-hydrogen) atoms. The van der Waals surface area contributed by atoms with Gasteiger partial charge in [-0.05, 0) is 31.4 Å². The lowest BCUT2D eigenvalue weighted by molar-refractivity contribution is -0.137. The first-order valence-corrected chi connectivity index (χ1v) is 5.99. The first kappa shape index (κ1) is 11.0. The Hall–Kier alpha value is -1.49. The topological polar surface area (TPSA) is 63.1 Å². The number of pyridine rings is 1. The third kappa shape index (κ3) is 2.76. The second-order valence-corrected chi connectivity index (χ2v) is 4.60. The van der Waals surface area contributed by atoms with E-state index in [4.69, 9.17) is 5.11 Å². The Morgan fingerprint density at radius 3 is 3.06 bits per heavy atom. The van der Waals surface area contributed by atoms with Crippen LogP contribution in [0.1, 0.15) is 24.3 Å². The number of hydrogen-bond acceptors (Lipinski definition) is 4. The number of aryl methyl sites for hydroxylation is 1. The summed E-state index contributed by atoms with van der Waals surface area (Å²) in [6.07, 6.45) is 4.41. The molecule has 4 nitrogen and oxygen atoms in total. The van der Waals surface area contributed by atoms with Crippen LogP contribution in [0.2, 0.25) is 0 Å². The number of aromatic nitrogens is 2. The van der Waals surface area contributed by atoms with Crippen LogP contribution < -0.4 is 0 Å². The molecule has 0 spiro atoms. The van der Waals surface area contributed by atoms with Gasteiger partial charge >= 0.3 is 5.97 Å². The van der Waals surface area contributed by atoms with Crippen molar-refractivity contribution in [2.45, 2.75) is 25.7 Å². The quantitative estimate of drug-likeness (QED) is 0.810. The van der Waals surface area contributed by atoms with Crippen molar-refractivity contribution in [3.05, 3.63) is 23.3 Å². The molecule has 5 heteroatoms. The summed E-state index contributed by atoms with van der Waals surface area (Å²) in [4.78, 5) is 19.9. The van der Waals surface area contributed by atoms with Crippen molar-refractivity contribution < 1.29 is 9.90 Å². The first-order valence-electron chi connectivity index (χ1n) is 5.18. The molecule has 2 aromatic heterocycles. The number of carboxylic acid groups (broad SMARTS) is 1. The van der Waals surface area contributed by atoms with Crippen LogP contribution in [0.25, 0.3) is 10.3 Å². The van der Waals surface area contributed by atoms with Gasteiger partial charge in [0.25, 0.3) is 0 Å². The van der Waals surface area contributed by atoms with E-state index in [1.807, 2.05) is 12.1 Å². The van der Waals surface area contributed by atoms with Crippen molar-refractivity contribution in [2.75, 3.05) is 0 Å². The maximum atomic E-state index is 10.3. The van der Waals surface area contributed by atoms with Crippen molar-refractivity contribution in [1.29, 1.82) is 0 Å². The monoisotopic (exact) mass is 236 g/mol. The maximum absolute atomic E-state index is 10.3. The van der Waals surface area contributed by atoms with E-state index in [0.29, 0.717) is 6.42 Å². The van der Waals surface area contributed by atoms with Gasteiger partial charge in [0, 0.05) is 12.6 Å². The van der Waals surface area contributed by atoms with Crippen LogP contribution in [0.5, 0.6) is 0 Å². The number of hydrogen-bond donors (Lipinski definition) is 1. The number of nitrogens with zero attached hydrogens (tertiary/aromatic N) is 2. The highest BCUT2D eigenvalue weighted by atomic mass is 32.1. The van der Waals surface area contributed by atoms with E-state index in [1.165, 1.54) is 0 Å². The summed E-state index contributed by atoms with van der Waals surface area (Å²) in [5, 5.41) is 9.54. The van der Waals surface area contributed by atoms with E-state index in [1.54, 1.807) is 17.5 Å². The van der Waals surface area contributed by atoms with E-state index >= 15 is 0 Å². The minimum absolute atomic E-state index is 0.239. The third-order valence-electron chi connectivity index (χ3n) is 2.24. The van der Waals surface area contributed by atoms with E-state index in [0.717, 1.165) is 28.2 Å². The molecule has 84 valence electrons. The third-order valence-corrected chi connectivity index (χ3v) is 3.28. The van der Waals surface area contributed by atoms with Crippen LogP contribution >= 0.6 is 11.3 Å². The van der Waals surface area contributed by atoms with E-state index < -0.39 is 5.97 Å². The number of carboxylic acids is 1. The van der Waals surface area contributed by atoms with E-state index in [9.17, 15) is 4.79 Å². The Morgan fingerprint density at radius 1 is 1.44 bits per heavy atom. The van der Waals surface area contributed by atoms with Gasteiger partial charge in [-0.15, -0.1) is 0 Å². The molecule has 0 atom stereocenters. The fourth-order valence-electron chi connectivity index (χ4n) is 1.47. The van der Waals surface area contributed by atoms with Crippen molar-refractivity contribution in [3.63, 3.8) is 0 Å². The number of thiazole rings is 1. The predicted octanol–water partition coefficient (Wildman–Crippen LogP) is 2.49. The van der Waals surface area contributed by atoms with Gasteiger partial charge in [-0.1, -0.05) is 11.3 Å². The number of fused-ring (bicyclic) bond motifs is 1. The fourth-order valence-corrected chi connectivity index (χ4v) is 2.42. The van der Waals surface area contributed by atoms with Gasteiger partial charge in [0.1, 0.15) is 10.3 Å². The lowest BCUT2D eigenvalue weighted by Gasteiger charge is -1.94. The van der Waals surface area contributed by atoms with Crippen LogP contribution in [0.15, 0.2) is 18.3 Å². The standard InChI is InChI=1S/C11H12N2O2S/c14-10(15)6-2-1-5-9-13-8-4-3-7-12-11(8)16-9/h3-4,7H,1-2,5-6H2,(H,14,15). The van der Waals surface area contributed by atoms with Crippen LogP contribution in [-0.2, 0) is 11.2 Å². The lowest BCUT2D eigenvalue weighted by Crippen LogP contribution is -1.94. The van der Waals surface area contributed by atoms with Crippen LogP contribution in [0.4, 0.5) is 0 Å². The second kappa shape index (κ2) is 5.03. The van der Waals surface area contributed by atoms with Crippen molar-refractivity contribution in [1.82, 2.24) is 9.97 Å². The molecule has 0 amide bonds.